The molecule has 0 radical (unpaired) electrons. The van der Waals surface area contributed by atoms with Crippen molar-refractivity contribution >= 4 is 32.7 Å². The number of piperidine rings is 1. The SMILES string of the molecule is O=C(c1ccc(-n2ncc3cnc(Br)cc32)nc1)N1CCC(F)(F)CC1. The minimum Gasteiger partial charge on any atom is -0.338 e. The summed E-state index contributed by atoms with van der Waals surface area (Å²) in [5, 5.41) is 5.17. The summed E-state index contributed by atoms with van der Waals surface area (Å²) in [4.78, 5) is 22.4. The van der Waals surface area contributed by atoms with Crippen molar-refractivity contribution in [1.82, 2.24) is 24.6 Å². The Bertz CT molecular complexity index is 963. The van der Waals surface area contributed by atoms with Gasteiger partial charge in [0.25, 0.3) is 11.8 Å². The number of hydrogen-bond acceptors (Lipinski definition) is 4. The number of rotatable bonds is 2. The van der Waals surface area contributed by atoms with Crippen LogP contribution < -0.4 is 0 Å². The number of halogens is 3. The van der Waals surface area contributed by atoms with E-state index < -0.39 is 5.92 Å². The standard InChI is InChI=1S/C17H14BrF2N5O/c18-14-7-13-12(9-21-14)10-23-25(13)15-2-1-11(8-22-15)16(26)24-5-3-17(19,20)4-6-24/h1-2,7-10H,3-6H2. The molecule has 3 aromatic rings. The predicted molar refractivity (Wildman–Crippen MR) is 94.4 cm³/mol. The zero-order valence-corrected chi connectivity index (χ0v) is 15.2. The van der Waals surface area contributed by atoms with E-state index in [1.807, 2.05) is 6.07 Å². The molecule has 0 aliphatic carbocycles. The molecular formula is C17H14BrF2N5O. The highest BCUT2D eigenvalue weighted by Crippen LogP contribution is 2.28. The largest absolute Gasteiger partial charge is 0.338 e. The summed E-state index contributed by atoms with van der Waals surface area (Å²) in [5.41, 5.74) is 1.20. The highest BCUT2D eigenvalue weighted by molar-refractivity contribution is 9.10. The fraction of sp³-hybridized carbons (Fsp3) is 0.294. The van der Waals surface area contributed by atoms with E-state index in [4.69, 9.17) is 0 Å². The fourth-order valence-electron chi connectivity index (χ4n) is 2.94. The van der Waals surface area contributed by atoms with Gasteiger partial charge >= 0.3 is 0 Å². The Balaban J connectivity index is 1.57. The van der Waals surface area contributed by atoms with Gasteiger partial charge in [0, 0.05) is 43.7 Å². The molecule has 4 heterocycles. The van der Waals surface area contributed by atoms with Gasteiger partial charge in [-0.25, -0.2) is 23.4 Å². The van der Waals surface area contributed by atoms with Gasteiger partial charge in [-0.15, -0.1) is 0 Å². The van der Waals surface area contributed by atoms with Gasteiger partial charge in [-0.3, -0.25) is 4.79 Å². The van der Waals surface area contributed by atoms with E-state index in [1.54, 1.807) is 29.2 Å². The second kappa shape index (κ2) is 6.39. The topological polar surface area (TPSA) is 63.9 Å². The summed E-state index contributed by atoms with van der Waals surface area (Å²) in [6.45, 7) is 0.108. The minimum atomic E-state index is -2.68. The molecule has 9 heteroatoms. The lowest BCUT2D eigenvalue weighted by molar-refractivity contribution is -0.0494. The van der Waals surface area contributed by atoms with E-state index in [9.17, 15) is 13.6 Å². The molecule has 0 N–H and O–H groups in total. The molecule has 0 spiro atoms. The molecule has 1 fully saturated rings. The summed E-state index contributed by atoms with van der Waals surface area (Å²) in [6.07, 6.45) is 4.24. The number of alkyl halides is 2. The fourth-order valence-corrected chi connectivity index (χ4v) is 3.25. The van der Waals surface area contributed by atoms with Gasteiger partial charge in [0.15, 0.2) is 5.82 Å². The lowest BCUT2D eigenvalue weighted by Crippen LogP contribution is -2.42. The monoisotopic (exact) mass is 421 g/mol. The Morgan fingerprint density at radius 2 is 1.88 bits per heavy atom. The third-order valence-corrected chi connectivity index (χ3v) is 4.85. The van der Waals surface area contributed by atoms with Crippen molar-refractivity contribution in [2.24, 2.45) is 0 Å². The molecule has 0 saturated carbocycles. The molecule has 0 bridgehead atoms. The maximum Gasteiger partial charge on any atom is 0.255 e. The number of aromatic nitrogens is 4. The van der Waals surface area contributed by atoms with Crippen molar-refractivity contribution < 1.29 is 13.6 Å². The van der Waals surface area contributed by atoms with E-state index in [0.717, 1.165) is 10.9 Å². The van der Waals surface area contributed by atoms with E-state index >= 15 is 0 Å². The van der Waals surface area contributed by atoms with Crippen LogP contribution in [0.25, 0.3) is 16.7 Å². The molecule has 1 aliphatic heterocycles. The number of nitrogens with zero attached hydrogens (tertiary/aromatic N) is 5. The van der Waals surface area contributed by atoms with Crippen LogP contribution in [0.5, 0.6) is 0 Å². The number of amides is 1. The molecule has 0 aromatic carbocycles. The first-order valence-corrected chi connectivity index (χ1v) is 8.85. The van der Waals surface area contributed by atoms with Crippen LogP contribution in [0.4, 0.5) is 8.78 Å². The molecule has 134 valence electrons. The van der Waals surface area contributed by atoms with Crippen LogP contribution in [0.2, 0.25) is 0 Å². The zero-order valence-electron chi connectivity index (χ0n) is 13.6. The van der Waals surface area contributed by atoms with E-state index in [-0.39, 0.29) is 31.8 Å². The first-order chi connectivity index (χ1) is 12.4. The van der Waals surface area contributed by atoms with Crippen LogP contribution >= 0.6 is 15.9 Å². The number of hydrogen-bond donors (Lipinski definition) is 0. The third kappa shape index (κ3) is 3.18. The van der Waals surface area contributed by atoms with E-state index in [0.29, 0.717) is 16.0 Å². The quantitative estimate of drug-likeness (QED) is 0.594. The molecule has 26 heavy (non-hydrogen) atoms. The maximum atomic E-state index is 13.2. The third-order valence-electron chi connectivity index (χ3n) is 4.41. The highest BCUT2D eigenvalue weighted by atomic mass is 79.9. The van der Waals surface area contributed by atoms with Crippen molar-refractivity contribution in [1.29, 1.82) is 0 Å². The number of carbonyl (C=O) groups excluding carboxylic acids is 1. The molecule has 6 nitrogen and oxygen atoms in total. The predicted octanol–water partition coefficient (Wildman–Crippen LogP) is 3.45. The van der Waals surface area contributed by atoms with Crippen LogP contribution in [-0.2, 0) is 0 Å². The number of likely N-dealkylation sites (tertiary alicyclic amines) is 1. The average Bonchev–Trinajstić information content (AvgIpc) is 3.04. The van der Waals surface area contributed by atoms with Crippen LogP contribution in [-0.4, -0.2) is 49.6 Å². The van der Waals surface area contributed by atoms with Crippen LogP contribution in [0.1, 0.15) is 23.2 Å². The number of pyridine rings is 2. The second-order valence-corrected chi connectivity index (χ2v) is 6.99. The Morgan fingerprint density at radius 3 is 2.58 bits per heavy atom. The Kier molecular flexibility index (Phi) is 4.18. The molecule has 1 saturated heterocycles. The molecule has 0 unspecified atom stereocenters. The van der Waals surface area contributed by atoms with E-state index in [2.05, 4.69) is 31.0 Å². The molecule has 4 rings (SSSR count). The average molecular weight is 422 g/mol. The normalized spacial score (nSPS) is 16.8. The van der Waals surface area contributed by atoms with Gasteiger partial charge < -0.3 is 4.90 Å². The van der Waals surface area contributed by atoms with E-state index in [1.165, 1.54) is 11.1 Å². The smallest absolute Gasteiger partial charge is 0.255 e. The van der Waals surface area contributed by atoms with Gasteiger partial charge in [0.2, 0.25) is 0 Å². The zero-order chi connectivity index (χ0) is 18.3. The second-order valence-electron chi connectivity index (χ2n) is 6.18. The summed E-state index contributed by atoms with van der Waals surface area (Å²) in [6, 6.07) is 5.16. The van der Waals surface area contributed by atoms with Crippen LogP contribution in [0, 0.1) is 0 Å². The lowest BCUT2D eigenvalue weighted by atomic mass is 10.1. The van der Waals surface area contributed by atoms with Gasteiger partial charge in [-0.05, 0) is 34.1 Å². The first kappa shape index (κ1) is 17.0. The molecular weight excluding hydrogens is 408 g/mol. The maximum absolute atomic E-state index is 13.2. The van der Waals surface area contributed by atoms with Gasteiger partial charge in [-0.2, -0.15) is 5.10 Å². The van der Waals surface area contributed by atoms with Gasteiger partial charge in [-0.1, -0.05) is 0 Å². The summed E-state index contributed by atoms with van der Waals surface area (Å²) in [5.74, 6) is -2.40. The van der Waals surface area contributed by atoms with Crippen molar-refractivity contribution in [2.45, 2.75) is 18.8 Å². The Labute approximate surface area is 156 Å². The number of carbonyl (C=O) groups is 1. The van der Waals surface area contributed by atoms with Gasteiger partial charge in [0.1, 0.15) is 4.60 Å². The Hall–Kier alpha value is -2.42. The van der Waals surface area contributed by atoms with Crippen LogP contribution in [0.15, 0.2) is 41.4 Å². The number of fused-ring (bicyclic) bond motifs is 1. The first-order valence-electron chi connectivity index (χ1n) is 8.06. The van der Waals surface area contributed by atoms with Crippen molar-refractivity contribution in [3.8, 4) is 5.82 Å². The molecule has 0 atom stereocenters. The van der Waals surface area contributed by atoms with Crippen LogP contribution in [0.3, 0.4) is 0 Å². The minimum absolute atomic E-state index is 0.0540. The van der Waals surface area contributed by atoms with Crippen molar-refractivity contribution in [2.75, 3.05) is 13.1 Å². The summed E-state index contributed by atoms with van der Waals surface area (Å²) >= 11 is 3.33. The molecule has 1 amide bonds. The summed E-state index contributed by atoms with van der Waals surface area (Å²) in [7, 11) is 0. The summed E-state index contributed by atoms with van der Waals surface area (Å²) < 4.78 is 28.8. The van der Waals surface area contributed by atoms with Crippen molar-refractivity contribution in [3.63, 3.8) is 0 Å². The van der Waals surface area contributed by atoms with Crippen molar-refractivity contribution in [3.05, 3.63) is 47.0 Å². The van der Waals surface area contributed by atoms with Gasteiger partial charge in [0.05, 0.1) is 17.3 Å². The highest BCUT2D eigenvalue weighted by Gasteiger charge is 2.35. The lowest BCUT2D eigenvalue weighted by Gasteiger charge is -2.31. The molecule has 1 aliphatic rings. The molecule has 3 aromatic heterocycles. The Morgan fingerprint density at radius 1 is 1.12 bits per heavy atom.